The highest BCUT2D eigenvalue weighted by Crippen LogP contribution is 2.35. The normalized spacial score (nSPS) is 18.7. The smallest absolute Gasteiger partial charge is 0.351 e. The first-order valence-corrected chi connectivity index (χ1v) is 14.2. The summed E-state index contributed by atoms with van der Waals surface area (Å²) in [4.78, 5) is 69.0. The second-order valence-corrected chi connectivity index (χ2v) is 9.95. The third-order valence-corrected chi connectivity index (χ3v) is 6.93. The first kappa shape index (κ1) is 31.6. The number of benzene rings is 3. The number of ether oxygens (including phenoxy) is 5. The molecule has 0 spiro atoms. The van der Waals surface area contributed by atoms with Gasteiger partial charge in [0.1, 0.15) is 24.1 Å². The number of nitrogens with zero attached hydrogens (tertiary/aromatic N) is 2. The van der Waals surface area contributed by atoms with E-state index in [1.54, 1.807) is 73.7 Å². The third kappa shape index (κ3) is 7.11. The molecule has 0 radical (unpaired) electrons. The van der Waals surface area contributed by atoms with Gasteiger partial charge in [-0.3, -0.25) is 4.57 Å². The molecule has 0 bridgehead atoms. The molecule has 5 rings (SSSR count). The standard InChI is InChI=1S/C33H29N3O10/c1-2-42-32(40)23-18-36(33(41)35-27(23)34)28-26(46-31(39)22-16-10-5-11-17-22)25(45-30(38)21-14-8-4-9-15-21)24(44-28)19-43-29(37)20-12-6-3-7-13-20/h3-18,24-26,28H,2,19H2,1H3,(H2,34,35,41)/t24-,25+,26+,28-/m0/s1. The zero-order chi connectivity index (χ0) is 32.6. The number of carbonyl (C=O) groups excluding carboxylic acids is 4. The van der Waals surface area contributed by atoms with Crippen LogP contribution in [0.5, 0.6) is 0 Å². The van der Waals surface area contributed by atoms with Crippen molar-refractivity contribution in [3.63, 3.8) is 0 Å². The number of anilines is 1. The highest BCUT2D eigenvalue weighted by Gasteiger charge is 2.52. The van der Waals surface area contributed by atoms with Gasteiger partial charge in [-0.25, -0.2) is 24.0 Å². The molecule has 2 heterocycles. The summed E-state index contributed by atoms with van der Waals surface area (Å²) in [6.45, 7) is 1.13. The summed E-state index contributed by atoms with van der Waals surface area (Å²) in [5.41, 5.74) is 5.22. The highest BCUT2D eigenvalue weighted by atomic mass is 16.7. The lowest BCUT2D eigenvalue weighted by atomic mass is 10.1. The molecule has 236 valence electrons. The Kier molecular flexibility index (Phi) is 9.83. The van der Waals surface area contributed by atoms with Gasteiger partial charge in [-0.05, 0) is 43.3 Å². The van der Waals surface area contributed by atoms with Crippen LogP contribution in [0.15, 0.2) is 102 Å². The lowest BCUT2D eigenvalue weighted by Gasteiger charge is -2.25. The molecular formula is C33H29N3O10. The van der Waals surface area contributed by atoms with E-state index in [1.807, 2.05) is 0 Å². The summed E-state index contributed by atoms with van der Waals surface area (Å²) < 4.78 is 29.3. The van der Waals surface area contributed by atoms with Gasteiger partial charge in [0.15, 0.2) is 18.4 Å². The van der Waals surface area contributed by atoms with E-state index in [0.29, 0.717) is 0 Å². The van der Waals surface area contributed by atoms with E-state index in [1.165, 1.54) is 24.3 Å². The van der Waals surface area contributed by atoms with Gasteiger partial charge in [-0.15, -0.1) is 0 Å². The summed E-state index contributed by atoms with van der Waals surface area (Å²) in [6.07, 6.45) is -4.63. The molecule has 0 saturated carbocycles. The van der Waals surface area contributed by atoms with Crippen LogP contribution >= 0.6 is 0 Å². The van der Waals surface area contributed by atoms with Crippen molar-refractivity contribution in [3.05, 3.63) is 130 Å². The molecule has 4 aromatic rings. The maximum Gasteiger partial charge on any atom is 0.351 e. The van der Waals surface area contributed by atoms with Crippen molar-refractivity contribution in [1.29, 1.82) is 0 Å². The van der Waals surface area contributed by atoms with E-state index >= 15 is 0 Å². The maximum atomic E-state index is 13.3. The Balaban J connectivity index is 1.55. The Morgan fingerprint density at radius 3 is 1.76 bits per heavy atom. The number of nitrogens with two attached hydrogens (primary N) is 1. The molecule has 13 nitrogen and oxygen atoms in total. The Bertz CT molecular complexity index is 1760. The molecule has 3 aromatic carbocycles. The van der Waals surface area contributed by atoms with Crippen molar-refractivity contribution in [2.45, 2.75) is 31.5 Å². The van der Waals surface area contributed by atoms with E-state index in [2.05, 4.69) is 4.98 Å². The Labute approximate surface area is 262 Å². The summed E-state index contributed by atoms with van der Waals surface area (Å²) in [5.74, 6) is -3.59. The van der Waals surface area contributed by atoms with Crippen molar-refractivity contribution >= 4 is 29.7 Å². The predicted octanol–water partition coefficient (Wildman–Crippen LogP) is 3.21. The topological polar surface area (TPSA) is 175 Å². The molecule has 4 atom stereocenters. The number of esters is 4. The van der Waals surface area contributed by atoms with Crippen molar-refractivity contribution in [1.82, 2.24) is 9.55 Å². The highest BCUT2D eigenvalue weighted by molar-refractivity contribution is 5.94. The number of carbonyl (C=O) groups is 4. The van der Waals surface area contributed by atoms with Crippen LogP contribution in [-0.2, 0) is 23.7 Å². The molecule has 1 aromatic heterocycles. The molecule has 2 N–H and O–H groups in total. The molecule has 1 aliphatic heterocycles. The van der Waals surface area contributed by atoms with E-state index < -0.39 is 66.5 Å². The van der Waals surface area contributed by atoms with Crippen molar-refractivity contribution < 1.29 is 42.9 Å². The summed E-state index contributed by atoms with van der Waals surface area (Å²) in [7, 11) is 0. The second-order valence-electron chi connectivity index (χ2n) is 9.95. The quantitative estimate of drug-likeness (QED) is 0.201. The van der Waals surface area contributed by atoms with E-state index in [0.717, 1.165) is 10.8 Å². The van der Waals surface area contributed by atoms with Gasteiger partial charge in [-0.1, -0.05) is 54.6 Å². The molecule has 1 saturated heterocycles. The fourth-order valence-electron chi connectivity index (χ4n) is 4.71. The maximum absolute atomic E-state index is 13.3. The summed E-state index contributed by atoms with van der Waals surface area (Å²) >= 11 is 0. The van der Waals surface area contributed by atoms with E-state index in [4.69, 9.17) is 29.4 Å². The van der Waals surface area contributed by atoms with E-state index in [9.17, 15) is 24.0 Å². The van der Waals surface area contributed by atoms with Gasteiger partial charge in [-0.2, -0.15) is 4.98 Å². The molecule has 0 aliphatic carbocycles. The fraction of sp³-hybridized carbons (Fsp3) is 0.212. The van der Waals surface area contributed by atoms with Gasteiger partial charge in [0.05, 0.1) is 23.3 Å². The predicted molar refractivity (Wildman–Crippen MR) is 161 cm³/mol. The Morgan fingerprint density at radius 2 is 1.24 bits per heavy atom. The third-order valence-electron chi connectivity index (χ3n) is 6.93. The van der Waals surface area contributed by atoms with Crippen LogP contribution in [0.1, 0.15) is 54.6 Å². The largest absolute Gasteiger partial charge is 0.462 e. The first-order chi connectivity index (χ1) is 22.3. The summed E-state index contributed by atoms with van der Waals surface area (Å²) in [5, 5.41) is 0. The van der Waals surface area contributed by atoms with Crippen LogP contribution in [0.2, 0.25) is 0 Å². The molecule has 1 aliphatic rings. The average Bonchev–Trinajstić information content (AvgIpc) is 3.40. The molecule has 1 fully saturated rings. The van der Waals surface area contributed by atoms with Crippen LogP contribution in [0.25, 0.3) is 0 Å². The number of hydrogen-bond donors (Lipinski definition) is 1. The van der Waals surface area contributed by atoms with Gasteiger partial charge >= 0.3 is 29.6 Å². The van der Waals surface area contributed by atoms with Crippen molar-refractivity contribution in [2.24, 2.45) is 0 Å². The number of aromatic nitrogens is 2. The summed E-state index contributed by atoms with van der Waals surface area (Å²) in [6, 6.07) is 24.1. The van der Waals surface area contributed by atoms with Gasteiger partial charge in [0, 0.05) is 6.20 Å². The zero-order valence-corrected chi connectivity index (χ0v) is 24.5. The fourth-order valence-corrected chi connectivity index (χ4v) is 4.71. The van der Waals surface area contributed by atoms with E-state index in [-0.39, 0.29) is 28.9 Å². The van der Waals surface area contributed by atoms with Crippen LogP contribution in [0, 0.1) is 0 Å². The minimum atomic E-state index is -1.52. The van der Waals surface area contributed by atoms with Gasteiger partial charge in [0.2, 0.25) is 0 Å². The SMILES string of the molecule is CCOC(=O)c1cn([C@H]2O[C@@H](COC(=O)c3ccccc3)[C@@H](OC(=O)c3ccccc3)[C@H]2OC(=O)c2ccccc2)c(=O)nc1N. The second kappa shape index (κ2) is 14.3. The Morgan fingerprint density at radius 1 is 0.739 bits per heavy atom. The van der Waals surface area contributed by atoms with Crippen LogP contribution < -0.4 is 11.4 Å². The lowest BCUT2D eigenvalue weighted by molar-refractivity contribution is -0.0640. The monoisotopic (exact) mass is 627 g/mol. The van der Waals surface area contributed by atoms with Gasteiger partial charge < -0.3 is 29.4 Å². The molecule has 0 unspecified atom stereocenters. The van der Waals surface area contributed by atoms with Crippen LogP contribution in [0.4, 0.5) is 5.82 Å². The van der Waals surface area contributed by atoms with Crippen molar-refractivity contribution in [3.8, 4) is 0 Å². The van der Waals surface area contributed by atoms with Gasteiger partial charge in [0.25, 0.3) is 0 Å². The van der Waals surface area contributed by atoms with Crippen LogP contribution in [0.3, 0.4) is 0 Å². The molecule has 0 amide bonds. The molecule has 46 heavy (non-hydrogen) atoms. The molecule has 13 heteroatoms. The zero-order valence-electron chi connectivity index (χ0n) is 24.5. The lowest BCUT2D eigenvalue weighted by Crippen LogP contribution is -2.42. The minimum absolute atomic E-state index is 0.0149. The Hall–Kier alpha value is -5.82. The average molecular weight is 628 g/mol. The molecular weight excluding hydrogens is 598 g/mol. The number of hydrogen-bond acceptors (Lipinski definition) is 12. The first-order valence-electron chi connectivity index (χ1n) is 14.2. The number of nitrogen functional groups attached to an aromatic ring is 1. The number of rotatable bonds is 10. The van der Waals surface area contributed by atoms with Crippen molar-refractivity contribution in [2.75, 3.05) is 18.9 Å². The van der Waals surface area contributed by atoms with Crippen LogP contribution in [-0.4, -0.2) is 65.0 Å². The minimum Gasteiger partial charge on any atom is -0.462 e.